The second-order valence-electron chi connectivity index (χ2n) is 7.46. The van der Waals surface area contributed by atoms with Gasteiger partial charge in [-0.25, -0.2) is 4.79 Å². The number of hydrogen-bond acceptors (Lipinski definition) is 5. The molecule has 8 nitrogen and oxygen atoms in total. The summed E-state index contributed by atoms with van der Waals surface area (Å²) >= 11 is 0. The van der Waals surface area contributed by atoms with Gasteiger partial charge in [0.15, 0.2) is 0 Å². The Balaban J connectivity index is 0.000000572. The number of aliphatic carboxylic acids is 1. The molecule has 36 heavy (non-hydrogen) atoms. The van der Waals surface area contributed by atoms with Gasteiger partial charge >= 0.3 is 12.1 Å². The Bertz CT molecular complexity index is 1130. The molecule has 0 bridgehead atoms. The molecule has 2 aromatic carbocycles. The van der Waals surface area contributed by atoms with E-state index in [9.17, 15) is 22.8 Å². The van der Waals surface area contributed by atoms with Crippen LogP contribution < -0.4 is 16.0 Å². The predicted molar refractivity (Wildman–Crippen MR) is 126 cm³/mol. The number of halogens is 3. The van der Waals surface area contributed by atoms with E-state index in [1.807, 2.05) is 48.5 Å². The van der Waals surface area contributed by atoms with Gasteiger partial charge < -0.3 is 25.8 Å². The normalized spacial score (nSPS) is 11.8. The molecule has 1 heterocycles. The van der Waals surface area contributed by atoms with E-state index in [0.717, 1.165) is 22.4 Å². The van der Waals surface area contributed by atoms with Crippen molar-refractivity contribution in [3.05, 3.63) is 65.2 Å². The molecule has 192 valence electrons. The summed E-state index contributed by atoms with van der Waals surface area (Å²) < 4.78 is 37.0. The Labute approximate surface area is 206 Å². The van der Waals surface area contributed by atoms with Crippen LogP contribution in [0.5, 0.6) is 0 Å². The highest BCUT2D eigenvalue weighted by atomic mass is 19.4. The summed E-state index contributed by atoms with van der Waals surface area (Å²) in [6, 6.07) is 15.4. The monoisotopic (exact) mass is 505 g/mol. The van der Waals surface area contributed by atoms with Crippen molar-refractivity contribution in [2.45, 2.75) is 25.6 Å². The summed E-state index contributed by atoms with van der Waals surface area (Å²) in [7, 11) is 0. The van der Waals surface area contributed by atoms with Crippen molar-refractivity contribution in [2.75, 3.05) is 31.2 Å². The number of nitrogens with zero attached hydrogens (tertiary/aromatic N) is 1. The number of rotatable bonds is 8. The van der Waals surface area contributed by atoms with Crippen molar-refractivity contribution in [3.8, 4) is 11.8 Å². The van der Waals surface area contributed by atoms with Gasteiger partial charge in [-0.15, -0.1) is 0 Å². The standard InChI is InChI=1S/C23H25N3O3.C2HF3O2/c24-13-15-29-16-14-25-22(27)11-12-23(28)26-17-20-7-2-1-5-18(20)9-10-19-6-3-4-8-21(19)26;3-2(4,5)1(6)7/h1-8H,11-17,24H2,(H,25,27);(H,6,7). The fraction of sp³-hybridized carbons (Fsp3) is 0.320. The number of benzene rings is 2. The number of hydrogen-bond donors (Lipinski definition) is 3. The SMILES string of the molecule is NCCOCCNC(=O)CCC(=O)N1Cc2ccccc2C#Cc2ccccc21.O=C(O)C(F)(F)F. The van der Waals surface area contributed by atoms with Gasteiger partial charge in [0, 0.05) is 37.1 Å². The smallest absolute Gasteiger partial charge is 0.475 e. The molecule has 0 saturated heterocycles. The maximum absolute atomic E-state index is 13.0. The number of amides is 2. The average Bonchev–Trinajstić information content (AvgIpc) is 2.83. The molecule has 0 unspecified atom stereocenters. The van der Waals surface area contributed by atoms with Gasteiger partial charge in [0.05, 0.1) is 25.4 Å². The van der Waals surface area contributed by atoms with Gasteiger partial charge in [0.1, 0.15) is 0 Å². The largest absolute Gasteiger partial charge is 0.490 e. The molecule has 11 heteroatoms. The second kappa shape index (κ2) is 13.9. The molecular formula is C25H26F3N3O5. The number of fused-ring (bicyclic) bond motifs is 2. The van der Waals surface area contributed by atoms with Gasteiger partial charge in [-0.05, 0) is 23.8 Å². The molecule has 1 aliphatic heterocycles. The van der Waals surface area contributed by atoms with Crippen molar-refractivity contribution in [1.29, 1.82) is 0 Å². The zero-order chi connectivity index (χ0) is 26.6. The van der Waals surface area contributed by atoms with Crippen LogP contribution >= 0.6 is 0 Å². The Hall–Kier alpha value is -3.88. The van der Waals surface area contributed by atoms with Crippen LogP contribution in [-0.2, 0) is 25.7 Å². The van der Waals surface area contributed by atoms with Crippen LogP contribution in [0.15, 0.2) is 48.5 Å². The van der Waals surface area contributed by atoms with Crippen LogP contribution in [0.3, 0.4) is 0 Å². The highest BCUT2D eigenvalue weighted by Crippen LogP contribution is 2.26. The minimum atomic E-state index is -5.08. The van der Waals surface area contributed by atoms with Gasteiger partial charge in [-0.2, -0.15) is 13.2 Å². The van der Waals surface area contributed by atoms with E-state index in [0.29, 0.717) is 32.8 Å². The lowest BCUT2D eigenvalue weighted by Gasteiger charge is -2.26. The van der Waals surface area contributed by atoms with Crippen LogP contribution in [0.4, 0.5) is 18.9 Å². The van der Waals surface area contributed by atoms with Crippen molar-refractivity contribution < 1.29 is 37.4 Å². The van der Waals surface area contributed by atoms with Gasteiger partial charge in [-0.1, -0.05) is 42.2 Å². The van der Waals surface area contributed by atoms with E-state index in [1.165, 1.54) is 0 Å². The lowest BCUT2D eigenvalue weighted by Crippen LogP contribution is -2.34. The number of nitrogens with one attached hydrogen (secondary N) is 1. The summed E-state index contributed by atoms with van der Waals surface area (Å²) in [6.45, 7) is 2.16. The Morgan fingerprint density at radius 1 is 1.00 bits per heavy atom. The molecule has 3 rings (SSSR count). The zero-order valence-corrected chi connectivity index (χ0v) is 19.3. The highest BCUT2D eigenvalue weighted by Gasteiger charge is 2.38. The quantitative estimate of drug-likeness (QED) is 0.374. The van der Waals surface area contributed by atoms with E-state index >= 15 is 0 Å². The third-order valence-electron chi connectivity index (χ3n) is 4.81. The van der Waals surface area contributed by atoms with Crippen LogP contribution in [0, 0.1) is 11.8 Å². The molecule has 1 aliphatic rings. The highest BCUT2D eigenvalue weighted by molar-refractivity contribution is 5.96. The number of para-hydroxylation sites is 1. The molecule has 2 amide bonds. The third kappa shape index (κ3) is 9.05. The molecule has 0 atom stereocenters. The number of carboxylic acids is 1. The van der Waals surface area contributed by atoms with Crippen LogP contribution in [0.2, 0.25) is 0 Å². The molecule has 0 saturated carbocycles. The molecule has 0 radical (unpaired) electrons. The second-order valence-corrected chi connectivity index (χ2v) is 7.46. The first-order valence-corrected chi connectivity index (χ1v) is 11.0. The third-order valence-corrected chi connectivity index (χ3v) is 4.81. The summed E-state index contributed by atoms with van der Waals surface area (Å²) in [5.74, 6) is 3.33. The minimum Gasteiger partial charge on any atom is -0.475 e. The molecular weight excluding hydrogens is 479 g/mol. The van der Waals surface area contributed by atoms with Crippen molar-refractivity contribution in [3.63, 3.8) is 0 Å². The van der Waals surface area contributed by atoms with E-state index < -0.39 is 12.1 Å². The van der Waals surface area contributed by atoms with Crippen molar-refractivity contribution in [2.24, 2.45) is 5.73 Å². The summed E-state index contributed by atoms with van der Waals surface area (Å²) in [4.78, 5) is 35.7. The Morgan fingerprint density at radius 3 is 2.28 bits per heavy atom. The molecule has 0 spiro atoms. The van der Waals surface area contributed by atoms with Crippen LogP contribution in [0.1, 0.15) is 29.5 Å². The van der Waals surface area contributed by atoms with E-state index in [4.69, 9.17) is 20.4 Å². The number of carbonyl (C=O) groups excluding carboxylic acids is 2. The molecule has 0 aromatic heterocycles. The predicted octanol–water partition coefficient (Wildman–Crippen LogP) is 2.44. The molecule has 0 aliphatic carbocycles. The lowest BCUT2D eigenvalue weighted by atomic mass is 10.0. The van der Waals surface area contributed by atoms with Crippen molar-refractivity contribution in [1.82, 2.24) is 5.32 Å². The minimum absolute atomic E-state index is 0.106. The Morgan fingerprint density at radius 2 is 1.61 bits per heavy atom. The number of alkyl halides is 3. The maximum atomic E-state index is 13.0. The first-order valence-electron chi connectivity index (χ1n) is 11.0. The number of carbonyl (C=O) groups is 3. The van der Waals surface area contributed by atoms with E-state index in [2.05, 4.69) is 17.2 Å². The maximum Gasteiger partial charge on any atom is 0.490 e. The molecule has 0 fully saturated rings. The van der Waals surface area contributed by atoms with Gasteiger partial charge in [-0.3, -0.25) is 9.59 Å². The van der Waals surface area contributed by atoms with Gasteiger partial charge in [0.25, 0.3) is 0 Å². The fourth-order valence-corrected chi connectivity index (χ4v) is 3.10. The van der Waals surface area contributed by atoms with Crippen LogP contribution in [-0.4, -0.2) is 55.4 Å². The summed E-state index contributed by atoms with van der Waals surface area (Å²) in [5, 5.41) is 9.88. The zero-order valence-electron chi connectivity index (χ0n) is 19.3. The first-order chi connectivity index (χ1) is 17.1. The number of carboxylic acid groups (broad SMARTS) is 1. The average molecular weight is 505 g/mol. The molecule has 4 N–H and O–H groups in total. The van der Waals surface area contributed by atoms with Crippen LogP contribution in [0.25, 0.3) is 0 Å². The lowest BCUT2D eigenvalue weighted by molar-refractivity contribution is -0.192. The number of anilines is 1. The number of ether oxygens (including phenoxy) is 1. The number of nitrogens with two attached hydrogens (primary N) is 1. The topological polar surface area (TPSA) is 122 Å². The van der Waals surface area contributed by atoms with E-state index in [-0.39, 0.29) is 24.7 Å². The summed E-state index contributed by atoms with van der Waals surface area (Å²) in [5.41, 5.74) is 8.82. The Kier molecular flexibility index (Phi) is 10.9. The van der Waals surface area contributed by atoms with Gasteiger partial charge in [0.2, 0.25) is 11.8 Å². The first kappa shape index (κ1) is 28.4. The summed E-state index contributed by atoms with van der Waals surface area (Å²) in [6.07, 6.45) is -4.83. The molecule has 2 aromatic rings. The van der Waals surface area contributed by atoms with E-state index in [1.54, 1.807) is 4.90 Å². The van der Waals surface area contributed by atoms with Crippen molar-refractivity contribution >= 4 is 23.5 Å². The fourth-order valence-electron chi connectivity index (χ4n) is 3.10.